The maximum absolute atomic E-state index is 12.1. The van der Waals surface area contributed by atoms with Crippen molar-refractivity contribution >= 4 is 11.6 Å². The van der Waals surface area contributed by atoms with Crippen LogP contribution in [0.1, 0.15) is 28.0 Å². The highest BCUT2D eigenvalue weighted by Gasteiger charge is 2.17. The minimum Gasteiger partial charge on any atom is -0.446 e. The maximum Gasteiger partial charge on any atom is 0.277 e. The predicted molar refractivity (Wildman–Crippen MR) is 88.0 cm³/mol. The zero-order valence-electron chi connectivity index (χ0n) is 12.5. The molecule has 1 unspecified atom stereocenters. The van der Waals surface area contributed by atoms with Crippen LogP contribution in [0.2, 0.25) is 0 Å². The van der Waals surface area contributed by atoms with Crippen molar-refractivity contribution in [3.8, 4) is 0 Å². The molecule has 1 heterocycles. The molecule has 0 aliphatic carbocycles. The number of oxazole rings is 1. The molecule has 1 amide bonds. The molecule has 1 aromatic heterocycles. The van der Waals surface area contributed by atoms with Crippen molar-refractivity contribution in [1.29, 1.82) is 0 Å². The van der Waals surface area contributed by atoms with E-state index in [2.05, 4.69) is 10.3 Å². The van der Waals surface area contributed by atoms with Crippen LogP contribution >= 0.6 is 0 Å². The number of carbonyl (C=O) groups is 1. The van der Waals surface area contributed by atoms with Crippen LogP contribution in [0, 0.1) is 0 Å². The maximum atomic E-state index is 12.1. The molecule has 5 heteroatoms. The van der Waals surface area contributed by atoms with Gasteiger partial charge in [-0.2, -0.15) is 0 Å². The number of rotatable bonds is 5. The largest absolute Gasteiger partial charge is 0.446 e. The van der Waals surface area contributed by atoms with Crippen molar-refractivity contribution < 1.29 is 9.21 Å². The molecule has 0 fully saturated rings. The highest BCUT2D eigenvalue weighted by molar-refractivity contribution is 6.02. The number of nitrogens with one attached hydrogen (secondary N) is 1. The molecule has 0 spiro atoms. The van der Waals surface area contributed by atoms with Crippen LogP contribution in [0.25, 0.3) is 0 Å². The molecule has 116 valence electrons. The molecule has 5 nitrogen and oxygen atoms in total. The smallest absolute Gasteiger partial charge is 0.277 e. The third-order valence-electron chi connectivity index (χ3n) is 3.40. The van der Waals surface area contributed by atoms with E-state index in [0.717, 1.165) is 5.56 Å². The molecule has 0 aliphatic rings. The molecule has 3 N–H and O–H groups in total. The van der Waals surface area contributed by atoms with Gasteiger partial charge in [0.2, 0.25) is 5.89 Å². The fourth-order valence-corrected chi connectivity index (χ4v) is 2.23. The van der Waals surface area contributed by atoms with Gasteiger partial charge in [-0.25, -0.2) is 4.98 Å². The van der Waals surface area contributed by atoms with Crippen LogP contribution in [0.15, 0.2) is 71.3 Å². The van der Waals surface area contributed by atoms with Gasteiger partial charge in [-0.15, -0.1) is 0 Å². The van der Waals surface area contributed by atoms with Gasteiger partial charge in [-0.05, 0) is 24.1 Å². The van der Waals surface area contributed by atoms with Gasteiger partial charge in [-0.3, -0.25) is 4.79 Å². The third kappa shape index (κ3) is 3.84. The fraction of sp³-hybridized carbons (Fsp3) is 0.111. The van der Waals surface area contributed by atoms with Crippen LogP contribution < -0.4 is 11.1 Å². The molecule has 23 heavy (non-hydrogen) atoms. The first-order valence-electron chi connectivity index (χ1n) is 7.34. The van der Waals surface area contributed by atoms with Crippen LogP contribution in [0.4, 0.5) is 5.69 Å². The van der Waals surface area contributed by atoms with E-state index in [0.29, 0.717) is 18.0 Å². The van der Waals surface area contributed by atoms with Crippen LogP contribution in [-0.4, -0.2) is 10.9 Å². The molecule has 0 saturated carbocycles. The van der Waals surface area contributed by atoms with Gasteiger partial charge in [0.15, 0.2) is 5.69 Å². The second-order valence-electron chi connectivity index (χ2n) is 5.19. The van der Waals surface area contributed by atoms with Crippen molar-refractivity contribution in [3.63, 3.8) is 0 Å². The lowest BCUT2D eigenvalue weighted by Crippen LogP contribution is -2.16. The van der Waals surface area contributed by atoms with E-state index in [4.69, 9.17) is 10.2 Å². The number of carbonyl (C=O) groups excluding carboxylic acids is 1. The van der Waals surface area contributed by atoms with E-state index in [1.807, 2.05) is 48.5 Å². The second kappa shape index (κ2) is 6.89. The Kier molecular flexibility index (Phi) is 4.49. The SMILES string of the molecule is NC(Cc1ccccc1)c1nc(C(=O)Nc2ccccc2)co1. The molecule has 0 aliphatic heterocycles. The van der Waals surface area contributed by atoms with Gasteiger partial charge in [0.05, 0.1) is 6.04 Å². The highest BCUT2D eigenvalue weighted by Crippen LogP contribution is 2.16. The summed E-state index contributed by atoms with van der Waals surface area (Å²) in [6, 6.07) is 18.6. The summed E-state index contributed by atoms with van der Waals surface area (Å²) in [5.41, 5.74) is 8.12. The predicted octanol–water partition coefficient (Wildman–Crippen LogP) is 3.17. The Bertz CT molecular complexity index is 769. The first kappa shape index (κ1) is 15.0. The summed E-state index contributed by atoms with van der Waals surface area (Å²) in [5, 5.41) is 2.76. The van der Waals surface area contributed by atoms with Crippen molar-refractivity contribution in [2.45, 2.75) is 12.5 Å². The highest BCUT2D eigenvalue weighted by atomic mass is 16.3. The quantitative estimate of drug-likeness (QED) is 0.758. The summed E-state index contributed by atoms with van der Waals surface area (Å²) in [4.78, 5) is 16.3. The molecule has 1 atom stereocenters. The lowest BCUT2D eigenvalue weighted by molar-refractivity contribution is 0.102. The summed E-state index contributed by atoms with van der Waals surface area (Å²) in [7, 11) is 0. The normalized spacial score (nSPS) is 11.9. The van der Waals surface area contributed by atoms with E-state index in [9.17, 15) is 4.79 Å². The van der Waals surface area contributed by atoms with Crippen molar-refractivity contribution in [2.24, 2.45) is 5.73 Å². The van der Waals surface area contributed by atoms with Crippen LogP contribution in [-0.2, 0) is 6.42 Å². The number of anilines is 1. The monoisotopic (exact) mass is 307 g/mol. The average Bonchev–Trinajstić information content (AvgIpc) is 3.07. The summed E-state index contributed by atoms with van der Waals surface area (Å²) >= 11 is 0. The van der Waals surface area contributed by atoms with Crippen molar-refractivity contribution in [2.75, 3.05) is 5.32 Å². The zero-order chi connectivity index (χ0) is 16.1. The molecule has 0 saturated heterocycles. The molecular weight excluding hydrogens is 290 g/mol. The molecular formula is C18H17N3O2. The molecule has 2 aromatic carbocycles. The Labute approximate surface area is 134 Å². The van der Waals surface area contributed by atoms with E-state index in [-0.39, 0.29) is 11.6 Å². The Hall–Kier alpha value is -2.92. The number of aromatic nitrogens is 1. The van der Waals surface area contributed by atoms with Gasteiger partial charge in [0, 0.05) is 5.69 Å². The van der Waals surface area contributed by atoms with Crippen molar-refractivity contribution in [1.82, 2.24) is 4.98 Å². The van der Waals surface area contributed by atoms with Gasteiger partial charge in [-0.1, -0.05) is 48.5 Å². The molecule has 3 rings (SSSR count). The summed E-state index contributed by atoms with van der Waals surface area (Å²) < 4.78 is 5.36. The van der Waals surface area contributed by atoms with E-state index in [1.54, 1.807) is 12.1 Å². The molecule has 0 bridgehead atoms. The summed E-state index contributed by atoms with van der Waals surface area (Å²) in [5.74, 6) is 0.0326. The first-order chi connectivity index (χ1) is 11.2. The van der Waals surface area contributed by atoms with Gasteiger partial charge in [0.1, 0.15) is 6.26 Å². The number of nitrogens with two attached hydrogens (primary N) is 1. The lowest BCUT2D eigenvalue weighted by Gasteiger charge is -2.07. The van der Waals surface area contributed by atoms with Crippen LogP contribution in [0.5, 0.6) is 0 Å². The lowest BCUT2D eigenvalue weighted by atomic mass is 10.1. The van der Waals surface area contributed by atoms with E-state index in [1.165, 1.54) is 6.26 Å². The minimum absolute atomic E-state index is 0.215. The number of hydrogen-bond donors (Lipinski definition) is 2. The van der Waals surface area contributed by atoms with Gasteiger partial charge < -0.3 is 15.5 Å². The minimum atomic E-state index is -0.393. The van der Waals surface area contributed by atoms with E-state index >= 15 is 0 Å². The topological polar surface area (TPSA) is 81.1 Å². The number of hydrogen-bond acceptors (Lipinski definition) is 4. The number of amides is 1. The Morgan fingerprint density at radius 1 is 1.09 bits per heavy atom. The Morgan fingerprint density at radius 2 is 1.74 bits per heavy atom. The number of benzene rings is 2. The average molecular weight is 307 g/mol. The zero-order valence-corrected chi connectivity index (χ0v) is 12.5. The molecule has 3 aromatic rings. The van der Waals surface area contributed by atoms with Gasteiger partial charge >= 0.3 is 0 Å². The fourth-order valence-electron chi connectivity index (χ4n) is 2.23. The van der Waals surface area contributed by atoms with Crippen LogP contribution in [0.3, 0.4) is 0 Å². The summed E-state index contributed by atoms with van der Waals surface area (Å²) in [6.45, 7) is 0. The first-order valence-corrected chi connectivity index (χ1v) is 7.34. The molecule has 0 radical (unpaired) electrons. The second-order valence-corrected chi connectivity index (χ2v) is 5.19. The number of nitrogens with zero attached hydrogens (tertiary/aromatic N) is 1. The Morgan fingerprint density at radius 3 is 2.43 bits per heavy atom. The number of para-hydroxylation sites is 1. The Balaban J connectivity index is 1.66. The van der Waals surface area contributed by atoms with Gasteiger partial charge in [0.25, 0.3) is 5.91 Å². The summed E-state index contributed by atoms with van der Waals surface area (Å²) in [6.07, 6.45) is 1.93. The standard InChI is InChI=1S/C18H17N3O2/c19-15(11-13-7-3-1-4-8-13)18-21-16(12-23-18)17(22)20-14-9-5-2-6-10-14/h1-10,12,15H,11,19H2,(H,20,22). The van der Waals surface area contributed by atoms with Crippen molar-refractivity contribution in [3.05, 3.63) is 84.1 Å². The van der Waals surface area contributed by atoms with E-state index < -0.39 is 6.04 Å². The third-order valence-corrected chi connectivity index (χ3v) is 3.40.